The molecule has 0 saturated heterocycles. The van der Waals surface area contributed by atoms with E-state index in [1.54, 1.807) is 58.9 Å². The minimum absolute atomic E-state index is 0.129. The summed E-state index contributed by atoms with van der Waals surface area (Å²) in [5.41, 5.74) is 1.26. The van der Waals surface area contributed by atoms with Gasteiger partial charge in [-0.15, -0.1) is 0 Å². The van der Waals surface area contributed by atoms with Crippen molar-refractivity contribution in [3.8, 4) is 0 Å². The topological polar surface area (TPSA) is 63.7 Å². The van der Waals surface area contributed by atoms with Crippen LogP contribution in [0.1, 0.15) is 43.1 Å². The Balaban J connectivity index is 2.40. The van der Waals surface area contributed by atoms with Crippen molar-refractivity contribution in [2.45, 2.75) is 44.7 Å². The standard InChI is InChI=1S/C21H27NO4S/c1-5-20(16(2)3)22(27(24,25)19-9-7-6-8-10-19)15-17-11-13-18(14-12-17)21(23)26-4/h6-14,16,20H,5,15H2,1-4H3. The number of benzene rings is 2. The molecule has 0 N–H and O–H groups in total. The lowest BCUT2D eigenvalue weighted by Gasteiger charge is -2.33. The predicted octanol–water partition coefficient (Wildman–Crippen LogP) is 4.10. The van der Waals surface area contributed by atoms with Crippen molar-refractivity contribution in [1.29, 1.82) is 0 Å². The van der Waals surface area contributed by atoms with Crippen molar-refractivity contribution in [2.75, 3.05) is 7.11 Å². The van der Waals surface area contributed by atoms with Crippen LogP contribution in [-0.4, -0.2) is 31.8 Å². The Labute approximate surface area is 162 Å². The Bertz CT molecular complexity index is 846. The molecule has 0 spiro atoms. The van der Waals surface area contributed by atoms with E-state index in [1.807, 2.05) is 20.8 Å². The highest BCUT2D eigenvalue weighted by atomic mass is 32.2. The minimum Gasteiger partial charge on any atom is -0.465 e. The van der Waals surface area contributed by atoms with Gasteiger partial charge in [0.05, 0.1) is 17.6 Å². The summed E-state index contributed by atoms with van der Waals surface area (Å²) in [6.45, 7) is 6.30. The van der Waals surface area contributed by atoms with E-state index in [9.17, 15) is 13.2 Å². The Morgan fingerprint density at radius 1 is 1.04 bits per heavy atom. The summed E-state index contributed by atoms with van der Waals surface area (Å²) in [6, 6.07) is 15.2. The maximum Gasteiger partial charge on any atom is 0.337 e. The summed E-state index contributed by atoms with van der Waals surface area (Å²) >= 11 is 0. The largest absolute Gasteiger partial charge is 0.465 e. The fourth-order valence-corrected chi connectivity index (χ4v) is 5.00. The van der Waals surface area contributed by atoms with E-state index in [0.29, 0.717) is 12.0 Å². The molecule has 6 heteroatoms. The molecule has 2 rings (SSSR count). The first kappa shape index (κ1) is 21.1. The number of rotatable bonds is 8. The minimum atomic E-state index is -3.65. The highest BCUT2D eigenvalue weighted by Gasteiger charge is 2.32. The molecule has 0 fully saturated rings. The van der Waals surface area contributed by atoms with Crippen LogP contribution >= 0.6 is 0 Å². The third-order valence-electron chi connectivity index (χ3n) is 4.62. The van der Waals surface area contributed by atoms with E-state index >= 15 is 0 Å². The molecule has 0 saturated carbocycles. The van der Waals surface area contributed by atoms with Crippen LogP contribution in [0.5, 0.6) is 0 Å². The van der Waals surface area contributed by atoms with Crippen LogP contribution in [-0.2, 0) is 21.3 Å². The van der Waals surface area contributed by atoms with Crippen LogP contribution in [0, 0.1) is 5.92 Å². The lowest BCUT2D eigenvalue weighted by Crippen LogP contribution is -2.42. The summed E-state index contributed by atoms with van der Waals surface area (Å²) in [4.78, 5) is 11.9. The number of nitrogens with zero attached hydrogens (tertiary/aromatic N) is 1. The number of ether oxygens (including phenoxy) is 1. The van der Waals surface area contributed by atoms with Gasteiger partial charge in [0.15, 0.2) is 0 Å². The normalized spacial score (nSPS) is 13.0. The third-order valence-corrected chi connectivity index (χ3v) is 6.51. The Hall–Kier alpha value is -2.18. The van der Waals surface area contributed by atoms with Gasteiger partial charge in [0.2, 0.25) is 10.0 Å². The first-order valence-corrected chi connectivity index (χ1v) is 10.5. The van der Waals surface area contributed by atoms with Gasteiger partial charge < -0.3 is 4.74 Å². The summed E-state index contributed by atoms with van der Waals surface area (Å²) < 4.78 is 32.9. The van der Waals surface area contributed by atoms with Crippen molar-refractivity contribution < 1.29 is 17.9 Å². The van der Waals surface area contributed by atoms with Crippen LogP contribution in [0.15, 0.2) is 59.5 Å². The number of hydrogen-bond acceptors (Lipinski definition) is 4. The third kappa shape index (κ3) is 4.96. The quantitative estimate of drug-likeness (QED) is 0.638. The number of methoxy groups -OCH3 is 1. The second-order valence-corrected chi connectivity index (χ2v) is 8.66. The summed E-state index contributed by atoms with van der Waals surface area (Å²) in [7, 11) is -2.31. The van der Waals surface area contributed by atoms with Crippen molar-refractivity contribution >= 4 is 16.0 Å². The highest BCUT2D eigenvalue weighted by Crippen LogP contribution is 2.26. The molecule has 146 valence electrons. The molecule has 0 aliphatic heterocycles. The summed E-state index contributed by atoms with van der Waals surface area (Å²) in [5, 5.41) is 0. The molecule has 0 radical (unpaired) electrons. The van der Waals surface area contributed by atoms with Crippen molar-refractivity contribution in [2.24, 2.45) is 5.92 Å². The van der Waals surface area contributed by atoms with Gasteiger partial charge in [-0.2, -0.15) is 4.31 Å². The molecule has 0 bridgehead atoms. The Kier molecular flexibility index (Phi) is 7.16. The molecular weight excluding hydrogens is 362 g/mol. The van der Waals surface area contributed by atoms with E-state index < -0.39 is 16.0 Å². The molecule has 0 aliphatic rings. The average Bonchev–Trinajstić information content (AvgIpc) is 2.68. The van der Waals surface area contributed by atoms with Gasteiger partial charge >= 0.3 is 5.97 Å². The number of esters is 1. The van der Waals surface area contributed by atoms with Gasteiger partial charge in [0.1, 0.15) is 0 Å². The van der Waals surface area contributed by atoms with Gasteiger partial charge in [-0.1, -0.05) is 51.1 Å². The van der Waals surface area contributed by atoms with Crippen molar-refractivity contribution in [3.05, 3.63) is 65.7 Å². The molecule has 0 amide bonds. The number of carbonyl (C=O) groups excluding carboxylic acids is 1. The van der Waals surface area contributed by atoms with Crippen LogP contribution in [0.3, 0.4) is 0 Å². The fourth-order valence-electron chi connectivity index (χ4n) is 3.16. The van der Waals surface area contributed by atoms with Gasteiger partial charge in [0, 0.05) is 12.6 Å². The monoisotopic (exact) mass is 389 g/mol. The van der Waals surface area contributed by atoms with Crippen LogP contribution in [0.2, 0.25) is 0 Å². The van der Waals surface area contributed by atoms with E-state index in [2.05, 4.69) is 0 Å². The molecule has 2 aromatic carbocycles. The highest BCUT2D eigenvalue weighted by molar-refractivity contribution is 7.89. The molecule has 5 nitrogen and oxygen atoms in total. The average molecular weight is 390 g/mol. The van der Waals surface area contributed by atoms with Crippen LogP contribution < -0.4 is 0 Å². The lowest BCUT2D eigenvalue weighted by molar-refractivity contribution is 0.0600. The number of carbonyl (C=O) groups is 1. The lowest BCUT2D eigenvalue weighted by atomic mass is 10.0. The number of hydrogen-bond donors (Lipinski definition) is 0. The van der Waals surface area contributed by atoms with Gasteiger partial charge in [0.25, 0.3) is 0 Å². The van der Waals surface area contributed by atoms with Crippen molar-refractivity contribution in [1.82, 2.24) is 4.31 Å². The van der Waals surface area contributed by atoms with Gasteiger partial charge in [-0.05, 0) is 42.2 Å². The van der Waals surface area contributed by atoms with E-state index in [0.717, 1.165) is 5.56 Å². The summed E-state index contributed by atoms with van der Waals surface area (Å²) in [5.74, 6) is -0.244. The fraction of sp³-hybridized carbons (Fsp3) is 0.381. The van der Waals surface area contributed by atoms with Crippen LogP contribution in [0.25, 0.3) is 0 Å². The first-order valence-electron chi connectivity index (χ1n) is 9.05. The van der Waals surface area contributed by atoms with Crippen molar-refractivity contribution in [3.63, 3.8) is 0 Å². The SMILES string of the molecule is CCC(C(C)C)N(Cc1ccc(C(=O)OC)cc1)S(=O)(=O)c1ccccc1. The molecule has 0 heterocycles. The molecule has 27 heavy (non-hydrogen) atoms. The zero-order valence-electron chi connectivity index (χ0n) is 16.3. The molecule has 1 unspecified atom stereocenters. The molecule has 2 aromatic rings. The van der Waals surface area contributed by atoms with E-state index in [-0.39, 0.29) is 23.4 Å². The second-order valence-electron chi connectivity index (χ2n) is 6.77. The first-order chi connectivity index (χ1) is 12.8. The Morgan fingerprint density at radius 2 is 1.63 bits per heavy atom. The zero-order chi connectivity index (χ0) is 20.0. The number of sulfonamides is 1. The van der Waals surface area contributed by atoms with E-state index in [4.69, 9.17) is 4.74 Å². The van der Waals surface area contributed by atoms with Crippen LogP contribution in [0.4, 0.5) is 0 Å². The summed E-state index contributed by atoms with van der Waals surface area (Å²) in [6.07, 6.45) is 0.712. The van der Waals surface area contributed by atoms with Gasteiger partial charge in [-0.25, -0.2) is 13.2 Å². The zero-order valence-corrected chi connectivity index (χ0v) is 17.1. The Morgan fingerprint density at radius 3 is 2.11 bits per heavy atom. The molecule has 0 aromatic heterocycles. The molecule has 1 atom stereocenters. The molecule has 0 aliphatic carbocycles. The smallest absolute Gasteiger partial charge is 0.337 e. The maximum atomic E-state index is 13.3. The van der Waals surface area contributed by atoms with E-state index in [1.165, 1.54) is 7.11 Å². The van der Waals surface area contributed by atoms with Gasteiger partial charge in [-0.3, -0.25) is 0 Å². The molecular formula is C21H27NO4S. The predicted molar refractivity (Wildman–Crippen MR) is 106 cm³/mol. The second kappa shape index (κ2) is 9.15. The maximum absolute atomic E-state index is 13.3.